The van der Waals surface area contributed by atoms with Crippen LogP contribution >= 0.6 is 0 Å². The van der Waals surface area contributed by atoms with E-state index in [0.29, 0.717) is 16.8 Å². The van der Waals surface area contributed by atoms with Crippen molar-refractivity contribution in [1.82, 2.24) is 0 Å². The minimum atomic E-state index is -0.520. The molecule has 0 spiro atoms. The number of hydrogen-bond donors (Lipinski definition) is 1. The molecule has 3 nitrogen and oxygen atoms in total. The van der Waals surface area contributed by atoms with Gasteiger partial charge in [-0.2, -0.15) is 10.5 Å². The Bertz CT molecular complexity index is 723. The predicted molar refractivity (Wildman–Crippen MR) is 74.3 cm³/mol. The summed E-state index contributed by atoms with van der Waals surface area (Å²) in [4.78, 5) is 0. The second-order valence-corrected chi connectivity index (χ2v) is 4.35. The lowest BCUT2D eigenvalue weighted by atomic mass is 10.1. The zero-order chi connectivity index (χ0) is 14.5. The molecule has 20 heavy (non-hydrogen) atoms. The fraction of sp³-hybridized carbons (Fsp3) is 0.125. The third-order valence-electron chi connectivity index (χ3n) is 3.05. The van der Waals surface area contributed by atoms with Gasteiger partial charge in [-0.25, -0.2) is 4.39 Å². The number of nitrogens with zero attached hydrogens (tertiary/aromatic N) is 2. The first-order valence-electron chi connectivity index (χ1n) is 6.08. The molecule has 1 N–H and O–H groups in total. The molecule has 0 heterocycles. The summed E-state index contributed by atoms with van der Waals surface area (Å²) in [5, 5.41) is 21.0. The Hall–Kier alpha value is -2.85. The highest BCUT2D eigenvalue weighted by molar-refractivity contribution is 5.60. The molecule has 0 saturated heterocycles. The Kier molecular flexibility index (Phi) is 3.98. The van der Waals surface area contributed by atoms with E-state index in [9.17, 15) is 4.39 Å². The van der Waals surface area contributed by atoms with E-state index >= 15 is 0 Å². The number of nitriles is 2. The van der Waals surface area contributed by atoms with Crippen molar-refractivity contribution in [3.8, 4) is 12.1 Å². The van der Waals surface area contributed by atoms with Crippen molar-refractivity contribution in [2.75, 3.05) is 5.32 Å². The molecule has 0 aromatic heterocycles. The summed E-state index contributed by atoms with van der Waals surface area (Å²) in [6, 6.07) is 14.1. The summed E-state index contributed by atoms with van der Waals surface area (Å²) in [6.45, 7) is 2.07. The number of benzene rings is 2. The van der Waals surface area contributed by atoms with Crippen LogP contribution in [-0.4, -0.2) is 0 Å². The van der Waals surface area contributed by atoms with Crippen LogP contribution in [-0.2, 0) is 6.54 Å². The van der Waals surface area contributed by atoms with E-state index in [1.165, 1.54) is 6.07 Å². The van der Waals surface area contributed by atoms with Gasteiger partial charge in [0.05, 0.1) is 16.8 Å². The Balaban J connectivity index is 2.25. The van der Waals surface area contributed by atoms with E-state index in [0.717, 1.165) is 5.56 Å². The SMILES string of the molecule is Cc1cccc(NCc2cccc(C#N)c2F)c1C#N. The molecule has 0 atom stereocenters. The van der Waals surface area contributed by atoms with Gasteiger partial charge in [-0.05, 0) is 24.6 Å². The van der Waals surface area contributed by atoms with Crippen LogP contribution < -0.4 is 5.32 Å². The summed E-state index contributed by atoms with van der Waals surface area (Å²) >= 11 is 0. The fourth-order valence-corrected chi connectivity index (χ4v) is 1.96. The Morgan fingerprint density at radius 2 is 1.85 bits per heavy atom. The normalized spacial score (nSPS) is 9.60. The zero-order valence-electron chi connectivity index (χ0n) is 10.9. The molecule has 0 aliphatic rings. The summed E-state index contributed by atoms with van der Waals surface area (Å²) in [5.41, 5.74) is 2.49. The first-order chi connectivity index (χ1) is 9.67. The molecule has 0 bridgehead atoms. The molecule has 98 valence electrons. The van der Waals surface area contributed by atoms with Gasteiger partial charge in [0.15, 0.2) is 0 Å². The molecule has 0 unspecified atom stereocenters. The van der Waals surface area contributed by atoms with Crippen molar-refractivity contribution in [1.29, 1.82) is 10.5 Å². The lowest BCUT2D eigenvalue weighted by molar-refractivity contribution is 0.609. The van der Waals surface area contributed by atoms with E-state index < -0.39 is 5.82 Å². The maximum absolute atomic E-state index is 13.9. The van der Waals surface area contributed by atoms with Crippen molar-refractivity contribution in [2.45, 2.75) is 13.5 Å². The summed E-state index contributed by atoms with van der Waals surface area (Å²) in [5.74, 6) is -0.520. The van der Waals surface area contributed by atoms with Crippen LogP contribution in [0.25, 0.3) is 0 Å². The Morgan fingerprint density at radius 3 is 2.55 bits per heavy atom. The molecule has 0 saturated carbocycles. The third-order valence-corrected chi connectivity index (χ3v) is 3.05. The van der Waals surface area contributed by atoms with Crippen molar-refractivity contribution in [2.24, 2.45) is 0 Å². The predicted octanol–water partition coefficient (Wildman–Crippen LogP) is 3.49. The number of rotatable bonds is 3. The van der Waals surface area contributed by atoms with Crippen molar-refractivity contribution in [3.05, 3.63) is 64.5 Å². The van der Waals surface area contributed by atoms with E-state index in [-0.39, 0.29) is 12.1 Å². The minimum absolute atomic E-state index is 0.0223. The fourth-order valence-electron chi connectivity index (χ4n) is 1.96. The Labute approximate surface area is 116 Å². The molecular weight excluding hydrogens is 253 g/mol. The van der Waals surface area contributed by atoms with E-state index in [1.54, 1.807) is 18.2 Å². The van der Waals surface area contributed by atoms with E-state index in [1.807, 2.05) is 25.1 Å². The highest BCUT2D eigenvalue weighted by Crippen LogP contribution is 2.20. The molecule has 0 aliphatic heterocycles. The van der Waals surface area contributed by atoms with Gasteiger partial charge in [-0.3, -0.25) is 0 Å². The molecule has 4 heteroatoms. The zero-order valence-corrected chi connectivity index (χ0v) is 10.9. The molecule has 2 aromatic rings. The van der Waals surface area contributed by atoms with Crippen LogP contribution in [0, 0.1) is 35.4 Å². The lowest BCUT2D eigenvalue weighted by Gasteiger charge is -2.10. The molecule has 0 radical (unpaired) electrons. The van der Waals surface area contributed by atoms with Gasteiger partial charge in [-0.15, -0.1) is 0 Å². The van der Waals surface area contributed by atoms with Crippen LogP contribution in [0.2, 0.25) is 0 Å². The van der Waals surface area contributed by atoms with Crippen molar-refractivity contribution >= 4 is 5.69 Å². The van der Waals surface area contributed by atoms with Gasteiger partial charge in [0.2, 0.25) is 0 Å². The molecule has 2 aromatic carbocycles. The van der Waals surface area contributed by atoms with Crippen molar-refractivity contribution in [3.63, 3.8) is 0 Å². The average Bonchev–Trinajstić information content (AvgIpc) is 2.46. The quantitative estimate of drug-likeness (QED) is 0.924. The maximum Gasteiger partial charge on any atom is 0.145 e. The number of halogens is 1. The van der Waals surface area contributed by atoms with Crippen LogP contribution in [0.4, 0.5) is 10.1 Å². The van der Waals surface area contributed by atoms with Gasteiger partial charge < -0.3 is 5.32 Å². The van der Waals surface area contributed by atoms with Gasteiger partial charge in [-0.1, -0.05) is 24.3 Å². The topological polar surface area (TPSA) is 59.6 Å². The monoisotopic (exact) mass is 265 g/mol. The number of hydrogen-bond acceptors (Lipinski definition) is 3. The smallest absolute Gasteiger partial charge is 0.145 e. The first-order valence-corrected chi connectivity index (χ1v) is 6.08. The number of aryl methyl sites for hydroxylation is 1. The lowest BCUT2D eigenvalue weighted by Crippen LogP contribution is -2.05. The summed E-state index contributed by atoms with van der Waals surface area (Å²) in [6.07, 6.45) is 0. The van der Waals surface area contributed by atoms with Crippen LogP contribution in [0.5, 0.6) is 0 Å². The summed E-state index contributed by atoms with van der Waals surface area (Å²) in [7, 11) is 0. The van der Waals surface area contributed by atoms with Gasteiger partial charge in [0, 0.05) is 12.1 Å². The minimum Gasteiger partial charge on any atom is -0.380 e. The Morgan fingerprint density at radius 1 is 1.10 bits per heavy atom. The molecule has 0 aliphatic carbocycles. The van der Waals surface area contributed by atoms with Gasteiger partial charge >= 0.3 is 0 Å². The maximum atomic E-state index is 13.9. The van der Waals surface area contributed by atoms with E-state index in [2.05, 4.69) is 11.4 Å². The van der Waals surface area contributed by atoms with E-state index in [4.69, 9.17) is 10.5 Å². The second-order valence-electron chi connectivity index (χ2n) is 4.35. The van der Waals surface area contributed by atoms with Crippen molar-refractivity contribution < 1.29 is 4.39 Å². The number of anilines is 1. The summed E-state index contributed by atoms with van der Waals surface area (Å²) < 4.78 is 13.9. The second kappa shape index (κ2) is 5.86. The van der Waals surface area contributed by atoms with Gasteiger partial charge in [0.1, 0.15) is 18.0 Å². The standard InChI is InChI=1S/C16H12FN3/c1-11-4-2-7-15(14(11)9-19)20-10-13-6-3-5-12(8-18)16(13)17/h2-7,20H,10H2,1H3. The van der Waals surface area contributed by atoms with Crippen LogP contribution in [0.1, 0.15) is 22.3 Å². The first kappa shape index (κ1) is 13.6. The molecule has 0 amide bonds. The highest BCUT2D eigenvalue weighted by Gasteiger charge is 2.09. The average molecular weight is 265 g/mol. The highest BCUT2D eigenvalue weighted by atomic mass is 19.1. The van der Waals surface area contributed by atoms with Crippen LogP contribution in [0.15, 0.2) is 36.4 Å². The number of nitrogens with one attached hydrogen (secondary N) is 1. The van der Waals surface area contributed by atoms with Crippen LogP contribution in [0.3, 0.4) is 0 Å². The third kappa shape index (κ3) is 2.60. The molecule has 2 rings (SSSR count). The van der Waals surface area contributed by atoms with Gasteiger partial charge in [0.25, 0.3) is 0 Å². The largest absolute Gasteiger partial charge is 0.380 e. The molecule has 0 fully saturated rings. The molecular formula is C16H12FN3.